The number of aromatic nitrogens is 1. The van der Waals surface area contributed by atoms with Crippen molar-refractivity contribution < 1.29 is 36.6 Å². The third-order valence-electron chi connectivity index (χ3n) is 2.17. The fourth-order valence-corrected chi connectivity index (χ4v) is 1.75. The minimum atomic E-state index is -5.12. The van der Waals surface area contributed by atoms with Gasteiger partial charge in [-0.25, -0.2) is 13.8 Å². The minimum absolute atomic E-state index is 0.419. The molecule has 0 aromatic carbocycles. The molecule has 0 saturated heterocycles. The molecule has 0 spiro atoms. The lowest BCUT2D eigenvalue weighted by Crippen LogP contribution is -2.20. The first-order valence-electron chi connectivity index (χ1n) is 4.98. The van der Waals surface area contributed by atoms with Gasteiger partial charge in [0.2, 0.25) is 5.88 Å². The number of aliphatic carboxylic acids is 1. The van der Waals surface area contributed by atoms with Crippen molar-refractivity contribution in [3.63, 3.8) is 0 Å². The van der Waals surface area contributed by atoms with Gasteiger partial charge in [0.1, 0.15) is 0 Å². The average molecular weight is 320 g/mol. The van der Waals surface area contributed by atoms with Gasteiger partial charge >= 0.3 is 12.3 Å². The number of ether oxygens (including phenoxy) is 1. The summed E-state index contributed by atoms with van der Waals surface area (Å²) in [6, 6.07) is 0. The van der Waals surface area contributed by atoms with Crippen molar-refractivity contribution in [1.82, 2.24) is 4.98 Å². The maximum absolute atomic E-state index is 12.9. The fraction of sp³-hybridized carbons (Fsp3) is 0.400. The molecule has 1 N–H and O–H groups in total. The SMILES string of the molecule is O=C(O)Cc1cnc(OC(F)(F)F)c(CCl)c1C(F)F. The monoisotopic (exact) mass is 319 g/mol. The zero-order valence-electron chi connectivity index (χ0n) is 9.55. The fourth-order valence-electron chi connectivity index (χ4n) is 1.50. The zero-order chi connectivity index (χ0) is 15.5. The van der Waals surface area contributed by atoms with E-state index in [2.05, 4.69) is 9.72 Å². The van der Waals surface area contributed by atoms with Crippen LogP contribution in [0.15, 0.2) is 6.20 Å². The molecule has 1 heterocycles. The van der Waals surface area contributed by atoms with E-state index in [0.29, 0.717) is 6.20 Å². The molecular weight excluding hydrogens is 313 g/mol. The van der Waals surface area contributed by atoms with Crippen LogP contribution in [0.4, 0.5) is 22.0 Å². The van der Waals surface area contributed by atoms with Crippen LogP contribution < -0.4 is 4.74 Å². The van der Waals surface area contributed by atoms with Gasteiger partial charge < -0.3 is 9.84 Å². The smallest absolute Gasteiger partial charge is 0.481 e. The highest BCUT2D eigenvalue weighted by atomic mass is 35.5. The van der Waals surface area contributed by atoms with E-state index in [1.54, 1.807) is 0 Å². The molecule has 1 rings (SSSR count). The van der Waals surface area contributed by atoms with Crippen LogP contribution in [0.1, 0.15) is 23.1 Å². The van der Waals surface area contributed by atoms with Crippen LogP contribution in [-0.2, 0) is 17.1 Å². The van der Waals surface area contributed by atoms with Gasteiger partial charge in [0.05, 0.1) is 12.3 Å². The van der Waals surface area contributed by atoms with Gasteiger partial charge in [0, 0.05) is 17.3 Å². The number of pyridine rings is 1. The molecule has 20 heavy (non-hydrogen) atoms. The van der Waals surface area contributed by atoms with E-state index in [1.165, 1.54) is 0 Å². The van der Waals surface area contributed by atoms with Crippen LogP contribution in [0.5, 0.6) is 5.88 Å². The molecule has 0 aliphatic rings. The molecule has 0 aliphatic heterocycles. The Hall–Kier alpha value is -1.64. The summed E-state index contributed by atoms with van der Waals surface area (Å²) >= 11 is 5.35. The third-order valence-corrected chi connectivity index (χ3v) is 2.44. The maximum Gasteiger partial charge on any atom is 0.574 e. The number of alkyl halides is 6. The number of hydrogen-bond donors (Lipinski definition) is 1. The lowest BCUT2D eigenvalue weighted by molar-refractivity contribution is -0.276. The van der Waals surface area contributed by atoms with Gasteiger partial charge in [0.25, 0.3) is 6.43 Å². The van der Waals surface area contributed by atoms with E-state index in [0.717, 1.165) is 0 Å². The van der Waals surface area contributed by atoms with Gasteiger partial charge in [-0.1, -0.05) is 0 Å². The summed E-state index contributed by atoms with van der Waals surface area (Å²) in [5, 5.41) is 8.58. The van der Waals surface area contributed by atoms with Crippen LogP contribution in [0.3, 0.4) is 0 Å². The first-order valence-corrected chi connectivity index (χ1v) is 5.51. The normalized spacial score (nSPS) is 11.8. The summed E-state index contributed by atoms with van der Waals surface area (Å²) in [4.78, 5) is 13.7. The Labute approximate surface area is 114 Å². The quantitative estimate of drug-likeness (QED) is 0.668. The van der Waals surface area contributed by atoms with Crippen molar-refractivity contribution in [2.75, 3.05) is 0 Å². The summed E-state index contributed by atoms with van der Waals surface area (Å²) in [5.41, 5.74) is -2.01. The third kappa shape index (κ3) is 4.19. The van der Waals surface area contributed by atoms with E-state index in [9.17, 15) is 26.7 Å². The van der Waals surface area contributed by atoms with E-state index < -0.39 is 53.6 Å². The number of carbonyl (C=O) groups is 1. The van der Waals surface area contributed by atoms with E-state index >= 15 is 0 Å². The first-order chi connectivity index (χ1) is 9.15. The highest BCUT2D eigenvalue weighted by Crippen LogP contribution is 2.35. The van der Waals surface area contributed by atoms with Crippen molar-refractivity contribution in [2.24, 2.45) is 0 Å². The average Bonchev–Trinajstić information content (AvgIpc) is 2.27. The van der Waals surface area contributed by atoms with Gasteiger partial charge in [-0.3, -0.25) is 4.79 Å². The van der Waals surface area contributed by atoms with Crippen molar-refractivity contribution in [3.05, 3.63) is 22.9 Å². The lowest BCUT2D eigenvalue weighted by atomic mass is 10.0. The minimum Gasteiger partial charge on any atom is -0.481 e. The summed E-state index contributed by atoms with van der Waals surface area (Å²) in [6.45, 7) is 0. The molecule has 0 saturated carbocycles. The summed E-state index contributed by atoms with van der Waals surface area (Å²) in [5.74, 6) is -3.28. The second-order valence-corrected chi connectivity index (χ2v) is 3.80. The molecule has 1 aromatic heterocycles. The number of carboxylic acid groups (broad SMARTS) is 1. The molecular formula is C10H7ClF5NO3. The number of rotatable bonds is 5. The standard InChI is InChI=1S/C10H7ClF5NO3/c11-2-5-7(8(12)13)4(1-6(18)19)3-17-9(5)20-10(14,15)16/h3,8H,1-2H2,(H,18,19). The highest BCUT2D eigenvalue weighted by molar-refractivity contribution is 6.17. The Morgan fingerprint density at radius 1 is 1.45 bits per heavy atom. The van der Waals surface area contributed by atoms with Crippen molar-refractivity contribution in [2.45, 2.75) is 25.1 Å². The molecule has 0 amide bonds. The number of carboxylic acids is 1. The molecule has 0 unspecified atom stereocenters. The van der Waals surface area contributed by atoms with E-state index in [1.807, 2.05) is 0 Å². The molecule has 1 aromatic rings. The molecule has 0 atom stereocenters. The molecule has 0 aliphatic carbocycles. The van der Waals surface area contributed by atoms with Gasteiger partial charge in [-0.05, 0) is 5.56 Å². The van der Waals surface area contributed by atoms with Crippen LogP contribution >= 0.6 is 11.6 Å². The Kier molecular flexibility index (Phi) is 5.09. The Bertz CT molecular complexity index is 506. The van der Waals surface area contributed by atoms with Gasteiger partial charge in [0.15, 0.2) is 0 Å². The Morgan fingerprint density at radius 3 is 2.45 bits per heavy atom. The highest BCUT2D eigenvalue weighted by Gasteiger charge is 2.34. The summed E-state index contributed by atoms with van der Waals surface area (Å²) in [6.07, 6.45) is -8.55. The predicted molar refractivity (Wildman–Crippen MR) is 56.8 cm³/mol. The first kappa shape index (κ1) is 16.4. The molecule has 0 bridgehead atoms. The number of halogens is 6. The van der Waals surface area contributed by atoms with Crippen LogP contribution in [0, 0.1) is 0 Å². The number of nitrogens with zero attached hydrogens (tertiary/aromatic N) is 1. The van der Waals surface area contributed by atoms with Crippen molar-refractivity contribution in [1.29, 1.82) is 0 Å². The molecule has 0 fully saturated rings. The van der Waals surface area contributed by atoms with Crippen LogP contribution in [0.25, 0.3) is 0 Å². The van der Waals surface area contributed by atoms with Crippen LogP contribution in [0.2, 0.25) is 0 Å². The lowest BCUT2D eigenvalue weighted by Gasteiger charge is -2.16. The summed E-state index contributed by atoms with van der Waals surface area (Å²) < 4.78 is 65.7. The largest absolute Gasteiger partial charge is 0.574 e. The van der Waals surface area contributed by atoms with Gasteiger partial charge in [-0.15, -0.1) is 24.8 Å². The number of hydrogen-bond acceptors (Lipinski definition) is 3. The second-order valence-electron chi connectivity index (χ2n) is 3.53. The predicted octanol–water partition coefficient (Wildman–Crippen LogP) is 3.28. The van der Waals surface area contributed by atoms with Gasteiger partial charge in [-0.2, -0.15) is 0 Å². The second kappa shape index (κ2) is 6.21. The molecule has 112 valence electrons. The van der Waals surface area contributed by atoms with Crippen LogP contribution in [-0.4, -0.2) is 22.4 Å². The summed E-state index contributed by atoms with van der Waals surface area (Å²) in [7, 11) is 0. The molecule has 4 nitrogen and oxygen atoms in total. The van der Waals surface area contributed by atoms with E-state index in [-0.39, 0.29) is 0 Å². The molecule has 0 radical (unpaired) electrons. The Balaban J connectivity index is 3.37. The molecule has 10 heteroatoms. The van der Waals surface area contributed by atoms with Crippen molar-refractivity contribution in [3.8, 4) is 5.88 Å². The van der Waals surface area contributed by atoms with E-state index in [4.69, 9.17) is 16.7 Å². The zero-order valence-corrected chi connectivity index (χ0v) is 10.3. The Morgan fingerprint density at radius 2 is 2.05 bits per heavy atom. The topological polar surface area (TPSA) is 59.4 Å². The maximum atomic E-state index is 12.9. The van der Waals surface area contributed by atoms with Crippen molar-refractivity contribution >= 4 is 17.6 Å².